The summed E-state index contributed by atoms with van der Waals surface area (Å²) in [6.45, 7) is 3.96. The summed E-state index contributed by atoms with van der Waals surface area (Å²) in [5, 5.41) is 9.19. The van der Waals surface area contributed by atoms with Gasteiger partial charge in [0.15, 0.2) is 0 Å². The van der Waals surface area contributed by atoms with E-state index in [0.29, 0.717) is 28.1 Å². The van der Waals surface area contributed by atoms with Gasteiger partial charge in [-0.3, -0.25) is 4.79 Å². The molecule has 0 aliphatic heterocycles. The molecule has 0 saturated heterocycles. The number of thioether (sulfide) groups is 1. The van der Waals surface area contributed by atoms with Gasteiger partial charge in [0.05, 0.1) is 16.7 Å². The smallest absolute Gasteiger partial charge is 0.277 e. The van der Waals surface area contributed by atoms with E-state index in [4.69, 9.17) is 4.42 Å². The van der Waals surface area contributed by atoms with Gasteiger partial charge in [0.1, 0.15) is 5.82 Å². The lowest BCUT2D eigenvalue weighted by Crippen LogP contribution is -2.11. The number of benzene rings is 2. The van der Waals surface area contributed by atoms with E-state index in [2.05, 4.69) is 20.2 Å². The second-order valence-electron chi connectivity index (χ2n) is 6.01. The number of H-pyrrole nitrogens is 1. The van der Waals surface area contributed by atoms with Crippen molar-refractivity contribution in [3.63, 3.8) is 0 Å². The fourth-order valence-electron chi connectivity index (χ4n) is 2.71. The molecule has 0 unspecified atom stereocenters. The minimum atomic E-state index is -0.139. The Labute approximate surface area is 153 Å². The maximum Gasteiger partial charge on any atom is 0.277 e. The van der Waals surface area contributed by atoms with Crippen LogP contribution in [0.1, 0.15) is 17.0 Å². The highest BCUT2D eigenvalue weighted by atomic mass is 32.2. The van der Waals surface area contributed by atoms with Crippen LogP contribution in [0.15, 0.2) is 56.9 Å². The number of rotatable bonds is 4. The Balaban J connectivity index is 1.56. The van der Waals surface area contributed by atoms with Crippen LogP contribution < -0.4 is 5.56 Å². The number of aromatic nitrogens is 4. The molecule has 2 heterocycles. The van der Waals surface area contributed by atoms with Crippen molar-refractivity contribution < 1.29 is 4.42 Å². The molecule has 0 atom stereocenters. The molecule has 4 rings (SSSR count). The Hall–Kier alpha value is -2.93. The minimum Gasteiger partial charge on any atom is -0.411 e. The van der Waals surface area contributed by atoms with E-state index >= 15 is 0 Å². The maximum absolute atomic E-state index is 12.2. The molecule has 130 valence electrons. The third-order valence-corrected chi connectivity index (χ3v) is 4.82. The first kappa shape index (κ1) is 16.5. The monoisotopic (exact) mass is 364 g/mol. The molecule has 0 spiro atoms. The molecule has 0 radical (unpaired) electrons. The molecule has 6 nitrogen and oxygen atoms in total. The molecule has 0 fully saturated rings. The molecular formula is C19H16N4O2S. The van der Waals surface area contributed by atoms with Crippen LogP contribution in [0.3, 0.4) is 0 Å². The Morgan fingerprint density at radius 1 is 1.12 bits per heavy atom. The lowest BCUT2D eigenvalue weighted by atomic mass is 10.1. The van der Waals surface area contributed by atoms with Gasteiger partial charge in [-0.05, 0) is 37.6 Å². The predicted octanol–water partition coefficient (Wildman–Crippen LogP) is 3.88. The van der Waals surface area contributed by atoms with Gasteiger partial charge >= 0.3 is 0 Å². The van der Waals surface area contributed by atoms with Gasteiger partial charge in [-0.2, -0.15) is 0 Å². The number of nitrogens with one attached hydrogen (secondary N) is 1. The minimum absolute atomic E-state index is 0.139. The van der Waals surface area contributed by atoms with Crippen LogP contribution >= 0.6 is 11.8 Å². The van der Waals surface area contributed by atoms with Crippen molar-refractivity contribution in [3.8, 4) is 11.5 Å². The first-order valence-electron chi connectivity index (χ1n) is 8.12. The van der Waals surface area contributed by atoms with Crippen molar-refractivity contribution in [2.45, 2.75) is 24.8 Å². The van der Waals surface area contributed by atoms with Gasteiger partial charge in [0, 0.05) is 5.56 Å². The summed E-state index contributed by atoms with van der Waals surface area (Å²) in [5.41, 5.74) is 3.57. The second-order valence-corrected chi connectivity index (χ2v) is 6.94. The number of fused-ring (bicyclic) bond motifs is 1. The summed E-state index contributed by atoms with van der Waals surface area (Å²) >= 11 is 1.34. The third-order valence-electron chi connectivity index (χ3n) is 3.99. The molecule has 1 N–H and O–H groups in total. The quantitative estimate of drug-likeness (QED) is 0.553. The van der Waals surface area contributed by atoms with Gasteiger partial charge in [0.25, 0.3) is 10.8 Å². The van der Waals surface area contributed by atoms with E-state index in [0.717, 1.165) is 22.2 Å². The van der Waals surface area contributed by atoms with Crippen LogP contribution in [0.2, 0.25) is 0 Å². The maximum atomic E-state index is 12.2. The first-order valence-corrected chi connectivity index (χ1v) is 9.10. The lowest BCUT2D eigenvalue weighted by Gasteiger charge is -2.03. The van der Waals surface area contributed by atoms with E-state index < -0.39 is 0 Å². The van der Waals surface area contributed by atoms with Crippen molar-refractivity contribution >= 4 is 22.7 Å². The van der Waals surface area contributed by atoms with Gasteiger partial charge in [-0.15, -0.1) is 10.2 Å². The molecule has 0 amide bonds. The summed E-state index contributed by atoms with van der Waals surface area (Å²) in [6, 6.07) is 13.5. The van der Waals surface area contributed by atoms with Gasteiger partial charge in [-0.25, -0.2) is 4.98 Å². The standard InChI is InChI=1S/C19H16N4O2S/c1-11-5-3-7-13(9-11)18-22-23-19(25-18)26-10-15-20-16-12(2)6-4-8-14(16)17(24)21-15/h3-9H,10H2,1-2H3,(H,20,21,24). The number of hydrogen-bond donors (Lipinski definition) is 1. The van der Waals surface area contributed by atoms with Gasteiger partial charge < -0.3 is 9.40 Å². The van der Waals surface area contributed by atoms with Crippen LogP contribution in [0, 0.1) is 13.8 Å². The normalized spacial score (nSPS) is 11.2. The summed E-state index contributed by atoms with van der Waals surface area (Å²) in [6.07, 6.45) is 0. The largest absolute Gasteiger partial charge is 0.411 e. The number of aromatic amines is 1. The Morgan fingerprint density at radius 2 is 1.96 bits per heavy atom. The SMILES string of the molecule is Cc1cccc(-c2nnc(SCc3nc4c(C)cccc4c(=O)[nH]3)o2)c1. The van der Waals surface area contributed by atoms with Crippen molar-refractivity contribution in [3.05, 3.63) is 69.8 Å². The van der Waals surface area contributed by atoms with E-state index in [1.807, 2.05) is 50.2 Å². The highest BCUT2D eigenvalue weighted by Crippen LogP contribution is 2.25. The van der Waals surface area contributed by atoms with Crippen LogP contribution in [-0.2, 0) is 5.75 Å². The number of nitrogens with zero attached hydrogens (tertiary/aromatic N) is 3. The molecular weight excluding hydrogens is 348 g/mol. The fraction of sp³-hybridized carbons (Fsp3) is 0.158. The third kappa shape index (κ3) is 3.25. The van der Waals surface area contributed by atoms with E-state index in [1.165, 1.54) is 11.8 Å². The van der Waals surface area contributed by atoms with Crippen molar-refractivity contribution in [2.75, 3.05) is 0 Å². The lowest BCUT2D eigenvalue weighted by molar-refractivity contribution is 0.465. The van der Waals surface area contributed by atoms with E-state index in [9.17, 15) is 4.79 Å². The molecule has 7 heteroatoms. The predicted molar refractivity (Wildman–Crippen MR) is 101 cm³/mol. The fourth-order valence-corrected chi connectivity index (χ4v) is 3.35. The van der Waals surface area contributed by atoms with Crippen LogP contribution in [0.4, 0.5) is 0 Å². The average molecular weight is 364 g/mol. The van der Waals surface area contributed by atoms with Crippen molar-refractivity contribution in [1.82, 2.24) is 20.2 Å². The molecule has 4 aromatic rings. The van der Waals surface area contributed by atoms with Crippen LogP contribution in [0.5, 0.6) is 0 Å². The Kier molecular flexibility index (Phi) is 4.30. The molecule has 2 aromatic carbocycles. The molecule has 26 heavy (non-hydrogen) atoms. The van der Waals surface area contributed by atoms with E-state index in [-0.39, 0.29) is 5.56 Å². The van der Waals surface area contributed by atoms with Gasteiger partial charge in [0.2, 0.25) is 5.89 Å². The molecule has 0 saturated carbocycles. The van der Waals surface area contributed by atoms with E-state index in [1.54, 1.807) is 6.07 Å². The zero-order chi connectivity index (χ0) is 18.1. The van der Waals surface area contributed by atoms with Crippen LogP contribution in [0.25, 0.3) is 22.4 Å². The Bertz CT molecular complexity index is 1150. The number of aryl methyl sites for hydroxylation is 2. The average Bonchev–Trinajstić information content (AvgIpc) is 3.10. The zero-order valence-corrected chi connectivity index (χ0v) is 15.1. The first-order chi connectivity index (χ1) is 12.6. The molecule has 0 bridgehead atoms. The van der Waals surface area contributed by atoms with Crippen molar-refractivity contribution in [2.24, 2.45) is 0 Å². The summed E-state index contributed by atoms with van der Waals surface area (Å²) in [7, 11) is 0. The summed E-state index contributed by atoms with van der Waals surface area (Å²) in [4.78, 5) is 19.6. The number of hydrogen-bond acceptors (Lipinski definition) is 6. The summed E-state index contributed by atoms with van der Waals surface area (Å²) in [5.74, 6) is 1.50. The van der Waals surface area contributed by atoms with Crippen molar-refractivity contribution in [1.29, 1.82) is 0 Å². The Morgan fingerprint density at radius 3 is 2.81 bits per heavy atom. The highest BCUT2D eigenvalue weighted by Gasteiger charge is 2.11. The highest BCUT2D eigenvalue weighted by molar-refractivity contribution is 7.98. The molecule has 0 aliphatic rings. The number of para-hydroxylation sites is 1. The molecule has 2 aromatic heterocycles. The zero-order valence-electron chi connectivity index (χ0n) is 14.3. The molecule has 0 aliphatic carbocycles. The second kappa shape index (κ2) is 6.76. The van der Waals surface area contributed by atoms with Gasteiger partial charge in [-0.1, -0.05) is 41.6 Å². The summed E-state index contributed by atoms with van der Waals surface area (Å²) < 4.78 is 5.71. The van der Waals surface area contributed by atoms with Crippen LogP contribution in [-0.4, -0.2) is 20.2 Å². The topological polar surface area (TPSA) is 84.7 Å².